The first-order valence-electron chi connectivity index (χ1n) is 6.66. The van der Waals surface area contributed by atoms with E-state index in [2.05, 4.69) is 5.32 Å². The molecule has 1 atom stereocenters. The van der Waals surface area contributed by atoms with Crippen LogP contribution in [0.2, 0.25) is 0 Å². The number of benzene rings is 1. The van der Waals surface area contributed by atoms with E-state index in [9.17, 15) is 9.59 Å². The van der Waals surface area contributed by atoms with Crippen LogP contribution in [0.1, 0.15) is 34.0 Å². The maximum Gasteiger partial charge on any atom is 0.241 e. The Morgan fingerprint density at radius 3 is 2.38 bits per heavy atom. The van der Waals surface area contributed by atoms with Crippen molar-refractivity contribution < 1.29 is 9.59 Å². The summed E-state index contributed by atoms with van der Waals surface area (Å²) in [5, 5.41) is 5.14. The maximum absolute atomic E-state index is 12.6. The SMILES string of the molecule is Cc1ccc(C(=O)c2c(C)csc2NC(=O)[C@H](C)N)cc1. The fourth-order valence-corrected chi connectivity index (χ4v) is 2.84. The summed E-state index contributed by atoms with van der Waals surface area (Å²) >= 11 is 1.34. The Bertz CT molecular complexity index is 672. The van der Waals surface area contributed by atoms with Crippen LogP contribution in [0.25, 0.3) is 0 Å². The number of hydrogen-bond donors (Lipinski definition) is 2. The molecular formula is C16H18N2O2S. The van der Waals surface area contributed by atoms with E-state index in [1.165, 1.54) is 11.3 Å². The number of hydrogen-bond acceptors (Lipinski definition) is 4. The smallest absolute Gasteiger partial charge is 0.241 e. The van der Waals surface area contributed by atoms with E-state index in [0.717, 1.165) is 11.1 Å². The van der Waals surface area contributed by atoms with E-state index in [4.69, 9.17) is 5.73 Å². The number of amides is 1. The number of ketones is 1. The van der Waals surface area contributed by atoms with E-state index < -0.39 is 6.04 Å². The third kappa shape index (κ3) is 3.37. The summed E-state index contributed by atoms with van der Waals surface area (Å²) in [4.78, 5) is 24.4. The molecule has 0 bridgehead atoms. The highest BCUT2D eigenvalue weighted by atomic mass is 32.1. The van der Waals surface area contributed by atoms with Crippen LogP contribution >= 0.6 is 11.3 Å². The number of aryl methyl sites for hydroxylation is 2. The van der Waals surface area contributed by atoms with Gasteiger partial charge in [-0.05, 0) is 31.7 Å². The Morgan fingerprint density at radius 2 is 1.81 bits per heavy atom. The van der Waals surface area contributed by atoms with Crippen LogP contribution in [0.5, 0.6) is 0 Å². The third-order valence-corrected chi connectivity index (χ3v) is 4.18. The van der Waals surface area contributed by atoms with Gasteiger partial charge in [0.15, 0.2) is 5.78 Å². The number of rotatable bonds is 4. The average Bonchev–Trinajstić information content (AvgIpc) is 2.79. The van der Waals surface area contributed by atoms with Crippen LogP contribution in [-0.2, 0) is 4.79 Å². The second-order valence-electron chi connectivity index (χ2n) is 5.10. The van der Waals surface area contributed by atoms with Crippen molar-refractivity contribution in [2.24, 2.45) is 5.73 Å². The zero-order valence-electron chi connectivity index (χ0n) is 12.3. The van der Waals surface area contributed by atoms with Gasteiger partial charge in [0, 0.05) is 5.56 Å². The lowest BCUT2D eigenvalue weighted by molar-refractivity contribution is -0.117. The van der Waals surface area contributed by atoms with Gasteiger partial charge in [0.05, 0.1) is 11.6 Å². The van der Waals surface area contributed by atoms with Crippen molar-refractivity contribution >= 4 is 28.0 Å². The quantitative estimate of drug-likeness (QED) is 0.853. The number of nitrogens with one attached hydrogen (secondary N) is 1. The molecule has 0 aliphatic carbocycles. The van der Waals surface area contributed by atoms with Gasteiger partial charge in [-0.25, -0.2) is 0 Å². The summed E-state index contributed by atoms with van der Waals surface area (Å²) in [7, 11) is 0. The highest BCUT2D eigenvalue weighted by molar-refractivity contribution is 7.15. The molecule has 21 heavy (non-hydrogen) atoms. The van der Waals surface area contributed by atoms with E-state index in [1.807, 2.05) is 31.4 Å². The van der Waals surface area contributed by atoms with Crippen molar-refractivity contribution in [3.05, 3.63) is 51.9 Å². The molecule has 0 fully saturated rings. The molecule has 110 valence electrons. The van der Waals surface area contributed by atoms with Crippen molar-refractivity contribution in [2.45, 2.75) is 26.8 Å². The lowest BCUT2D eigenvalue weighted by Gasteiger charge is -2.09. The lowest BCUT2D eigenvalue weighted by Crippen LogP contribution is -2.32. The summed E-state index contributed by atoms with van der Waals surface area (Å²) in [6.45, 7) is 5.44. The average molecular weight is 302 g/mol. The van der Waals surface area contributed by atoms with Gasteiger partial charge < -0.3 is 11.1 Å². The fourth-order valence-electron chi connectivity index (χ4n) is 1.89. The van der Waals surface area contributed by atoms with Crippen LogP contribution in [0.3, 0.4) is 0 Å². The Labute approximate surface area is 128 Å². The molecule has 1 heterocycles. The summed E-state index contributed by atoms with van der Waals surface area (Å²) < 4.78 is 0. The second kappa shape index (κ2) is 6.20. The zero-order valence-corrected chi connectivity index (χ0v) is 13.1. The maximum atomic E-state index is 12.6. The largest absolute Gasteiger partial charge is 0.320 e. The first-order valence-corrected chi connectivity index (χ1v) is 7.54. The summed E-state index contributed by atoms with van der Waals surface area (Å²) in [6.07, 6.45) is 0. The van der Waals surface area contributed by atoms with Crippen LogP contribution < -0.4 is 11.1 Å². The molecule has 4 nitrogen and oxygen atoms in total. The van der Waals surface area contributed by atoms with Gasteiger partial charge in [0.25, 0.3) is 0 Å². The second-order valence-corrected chi connectivity index (χ2v) is 5.98. The molecule has 2 rings (SSSR count). The van der Waals surface area contributed by atoms with Gasteiger partial charge in [-0.2, -0.15) is 0 Å². The van der Waals surface area contributed by atoms with Gasteiger partial charge in [-0.3, -0.25) is 9.59 Å². The van der Waals surface area contributed by atoms with Crippen molar-refractivity contribution in [2.75, 3.05) is 5.32 Å². The fraction of sp³-hybridized carbons (Fsp3) is 0.250. The minimum Gasteiger partial charge on any atom is -0.320 e. The Hall–Kier alpha value is -1.98. The molecule has 0 aliphatic heterocycles. The lowest BCUT2D eigenvalue weighted by atomic mass is 10.0. The predicted molar refractivity (Wildman–Crippen MR) is 85.9 cm³/mol. The van der Waals surface area contributed by atoms with Crippen molar-refractivity contribution in [3.63, 3.8) is 0 Å². The molecule has 0 unspecified atom stereocenters. The number of anilines is 1. The molecule has 5 heteroatoms. The molecule has 1 aromatic carbocycles. The zero-order chi connectivity index (χ0) is 15.6. The van der Waals surface area contributed by atoms with Gasteiger partial charge in [-0.15, -0.1) is 11.3 Å². The van der Waals surface area contributed by atoms with Gasteiger partial charge >= 0.3 is 0 Å². The van der Waals surface area contributed by atoms with Gasteiger partial charge in [0.2, 0.25) is 5.91 Å². The van der Waals surface area contributed by atoms with Crippen molar-refractivity contribution in [1.29, 1.82) is 0 Å². The molecule has 0 radical (unpaired) electrons. The molecule has 0 aliphatic rings. The van der Waals surface area contributed by atoms with Gasteiger partial charge in [-0.1, -0.05) is 29.8 Å². The van der Waals surface area contributed by atoms with E-state index in [-0.39, 0.29) is 11.7 Å². The third-order valence-electron chi connectivity index (χ3n) is 3.17. The van der Waals surface area contributed by atoms with E-state index in [1.54, 1.807) is 19.1 Å². The van der Waals surface area contributed by atoms with Crippen LogP contribution in [0.15, 0.2) is 29.6 Å². The molecule has 2 aromatic rings. The predicted octanol–water partition coefficient (Wildman–Crippen LogP) is 2.88. The van der Waals surface area contributed by atoms with Crippen LogP contribution in [0, 0.1) is 13.8 Å². The monoisotopic (exact) mass is 302 g/mol. The minimum absolute atomic E-state index is 0.0891. The molecule has 0 saturated heterocycles. The minimum atomic E-state index is -0.616. The van der Waals surface area contributed by atoms with Crippen molar-refractivity contribution in [3.8, 4) is 0 Å². The van der Waals surface area contributed by atoms with Crippen LogP contribution in [-0.4, -0.2) is 17.7 Å². The molecular weight excluding hydrogens is 284 g/mol. The van der Waals surface area contributed by atoms with E-state index >= 15 is 0 Å². The normalized spacial score (nSPS) is 12.0. The topological polar surface area (TPSA) is 72.2 Å². The van der Waals surface area contributed by atoms with E-state index in [0.29, 0.717) is 16.1 Å². The Kier molecular flexibility index (Phi) is 4.55. The standard InChI is InChI=1S/C16H18N2O2S/c1-9-4-6-12(7-5-9)14(19)13-10(2)8-21-16(13)18-15(20)11(3)17/h4-8,11H,17H2,1-3H3,(H,18,20)/t11-/m0/s1. The van der Waals surface area contributed by atoms with Crippen LogP contribution in [0.4, 0.5) is 5.00 Å². The van der Waals surface area contributed by atoms with Gasteiger partial charge in [0.1, 0.15) is 5.00 Å². The molecule has 3 N–H and O–H groups in total. The molecule has 1 amide bonds. The highest BCUT2D eigenvalue weighted by Gasteiger charge is 2.20. The number of carbonyl (C=O) groups is 2. The Morgan fingerprint density at radius 1 is 1.19 bits per heavy atom. The summed E-state index contributed by atoms with van der Waals surface area (Å²) in [5.41, 5.74) is 8.65. The highest BCUT2D eigenvalue weighted by Crippen LogP contribution is 2.30. The summed E-state index contributed by atoms with van der Waals surface area (Å²) in [5.74, 6) is -0.386. The molecule has 0 spiro atoms. The first kappa shape index (κ1) is 15.4. The number of carbonyl (C=O) groups excluding carboxylic acids is 2. The van der Waals surface area contributed by atoms with Crippen molar-refractivity contribution in [1.82, 2.24) is 0 Å². The molecule has 1 aromatic heterocycles. The Balaban J connectivity index is 2.35. The first-order chi connectivity index (χ1) is 9.90. The number of thiophene rings is 1. The number of nitrogens with two attached hydrogens (primary N) is 1. The summed E-state index contributed by atoms with van der Waals surface area (Å²) in [6, 6.07) is 6.78. The molecule has 0 saturated carbocycles.